The first-order valence-electron chi connectivity index (χ1n) is 6.60. The molecular formula is C14H24FNO3. The third-order valence-electron chi connectivity index (χ3n) is 2.13. The highest BCUT2D eigenvalue weighted by Gasteiger charge is 2.15. The summed E-state index contributed by atoms with van der Waals surface area (Å²) in [6, 6.07) is 0. The molecule has 110 valence electrons. The number of nitrogens with one attached hydrogen (secondary N) is 1. The standard InChI is InChI=1S/C14H24FNO3/c1-5-6-7-11(15)10-12(17)8-9-16-13(18)19-14(2,3)4/h10H,5-9H2,1-4H3,(H,16,18)/b11-10-. The molecule has 0 spiro atoms. The molecule has 0 atom stereocenters. The van der Waals surface area contributed by atoms with Crippen LogP contribution in [0.15, 0.2) is 11.9 Å². The van der Waals surface area contributed by atoms with Crippen molar-refractivity contribution in [2.45, 2.75) is 59.0 Å². The average molecular weight is 273 g/mol. The molecule has 1 amide bonds. The number of carbonyl (C=O) groups is 2. The summed E-state index contributed by atoms with van der Waals surface area (Å²) >= 11 is 0. The van der Waals surface area contributed by atoms with Crippen LogP contribution in [0.3, 0.4) is 0 Å². The number of ketones is 1. The molecule has 0 aromatic rings. The molecule has 0 unspecified atom stereocenters. The van der Waals surface area contributed by atoms with Crippen LogP contribution in [-0.2, 0) is 9.53 Å². The fourth-order valence-corrected chi connectivity index (χ4v) is 1.27. The van der Waals surface area contributed by atoms with Crippen molar-refractivity contribution >= 4 is 11.9 Å². The number of alkyl carbamates (subject to hydrolysis) is 1. The number of halogens is 1. The van der Waals surface area contributed by atoms with Crippen molar-refractivity contribution in [2.75, 3.05) is 6.54 Å². The van der Waals surface area contributed by atoms with Crippen molar-refractivity contribution in [3.63, 3.8) is 0 Å². The Morgan fingerprint density at radius 3 is 2.42 bits per heavy atom. The van der Waals surface area contributed by atoms with Crippen LogP contribution in [0.25, 0.3) is 0 Å². The van der Waals surface area contributed by atoms with E-state index >= 15 is 0 Å². The van der Waals surface area contributed by atoms with Crippen LogP contribution >= 0.6 is 0 Å². The number of rotatable bonds is 7. The fraction of sp³-hybridized carbons (Fsp3) is 0.714. The lowest BCUT2D eigenvalue weighted by Crippen LogP contribution is -2.33. The molecule has 0 aliphatic carbocycles. The minimum Gasteiger partial charge on any atom is -0.444 e. The molecule has 0 fully saturated rings. The van der Waals surface area contributed by atoms with Gasteiger partial charge in [-0.25, -0.2) is 9.18 Å². The van der Waals surface area contributed by atoms with Crippen LogP contribution in [-0.4, -0.2) is 24.0 Å². The molecular weight excluding hydrogens is 249 g/mol. The van der Waals surface area contributed by atoms with Gasteiger partial charge >= 0.3 is 6.09 Å². The number of carbonyl (C=O) groups excluding carboxylic acids is 2. The van der Waals surface area contributed by atoms with Crippen LogP contribution in [0.4, 0.5) is 9.18 Å². The van der Waals surface area contributed by atoms with E-state index in [9.17, 15) is 14.0 Å². The Balaban J connectivity index is 3.89. The van der Waals surface area contributed by atoms with Gasteiger partial charge in [0.15, 0.2) is 5.78 Å². The third kappa shape index (κ3) is 11.4. The Labute approximate surface area is 114 Å². The highest BCUT2D eigenvalue weighted by molar-refractivity contribution is 5.90. The summed E-state index contributed by atoms with van der Waals surface area (Å²) in [5, 5.41) is 2.45. The Morgan fingerprint density at radius 1 is 1.26 bits per heavy atom. The van der Waals surface area contributed by atoms with E-state index in [4.69, 9.17) is 4.74 Å². The Morgan fingerprint density at radius 2 is 1.89 bits per heavy atom. The summed E-state index contributed by atoms with van der Waals surface area (Å²) < 4.78 is 18.2. The first-order chi connectivity index (χ1) is 8.74. The zero-order valence-corrected chi connectivity index (χ0v) is 12.2. The lowest BCUT2D eigenvalue weighted by Gasteiger charge is -2.19. The van der Waals surface area contributed by atoms with Gasteiger partial charge in [0.25, 0.3) is 0 Å². The number of amides is 1. The van der Waals surface area contributed by atoms with Gasteiger partial charge in [-0.15, -0.1) is 0 Å². The predicted octanol–water partition coefficient (Wildman–Crippen LogP) is 3.51. The van der Waals surface area contributed by atoms with Gasteiger partial charge in [-0.3, -0.25) is 4.79 Å². The normalized spacial score (nSPS) is 12.2. The molecule has 0 heterocycles. The van der Waals surface area contributed by atoms with E-state index in [0.29, 0.717) is 6.42 Å². The highest BCUT2D eigenvalue weighted by Crippen LogP contribution is 2.09. The fourth-order valence-electron chi connectivity index (χ4n) is 1.27. The lowest BCUT2D eigenvalue weighted by atomic mass is 10.2. The largest absolute Gasteiger partial charge is 0.444 e. The molecule has 0 bridgehead atoms. The number of ether oxygens (including phenoxy) is 1. The Hall–Kier alpha value is -1.39. The number of hydrogen-bond acceptors (Lipinski definition) is 3. The van der Waals surface area contributed by atoms with Crippen LogP contribution in [0.2, 0.25) is 0 Å². The van der Waals surface area contributed by atoms with Crippen LogP contribution < -0.4 is 5.32 Å². The third-order valence-corrected chi connectivity index (χ3v) is 2.13. The summed E-state index contributed by atoms with van der Waals surface area (Å²) in [4.78, 5) is 22.6. The maximum atomic E-state index is 13.2. The van der Waals surface area contributed by atoms with Gasteiger partial charge in [0.05, 0.1) is 0 Å². The predicted molar refractivity (Wildman–Crippen MR) is 72.6 cm³/mol. The van der Waals surface area contributed by atoms with Gasteiger partial charge in [-0.2, -0.15) is 0 Å². The van der Waals surface area contributed by atoms with E-state index in [1.54, 1.807) is 20.8 Å². The van der Waals surface area contributed by atoms with Crippen molar-refractivity contribution in [3.8, 4) is 0 Å². The maximum absolute atomic E-state index is 13.2. The molecule has 4 nitrogen and oxygen atoms in total. The van der Waals surface area contributed by atoms with E-state index < -0.39 is 17.5 Å². The zero-order chi connectivity index (χ0) is 14.9. The summed E-state index contributed by atoms with van der Waals surface area (Å²) in [6.07, 6.45) is 2.41. The van der Waals surface area contributed by atoms with Crippen LogP contribution in [0, 0.1) is 0 Å². The Kier molecular flexibility index (Phi) is 8.03. The quantitative estimate of drug-likeness (QED) is 0.722. The second-order valence-electron chi connectivity index (χ2n) is 5.34. The van der Waals surface area contributed by atoms with Crippen molar-refractivity contribution in [1.29, 1.82) is 0 Å². The summed E-state index contributed by atoms with van der Waals surface area (Å²) in [5.41, 5.74) is -0.569. The van der Waals surface area contributed by atoms with Gasteiger partial charge < -0.3 is 10.1 Å². The molecule has 0 aliphatic rings. The molecule has 0 aromatic heterocycles. The van der Waals surface area contributed by atoms with E-state index in [1.807, 2.05) is 6.92 Å². The summed E-state index contributed by atoms with van der Waals surface area (Å²) in [5.74, 6) is -0.728. The summed E-state index contributed by atoms with van der Waals surface area (Å²) in [7, 11) is 0. The molecule has 0 saturated heterocycles. The van der Waals surface area contributed by atoms with Crippen molar-refractivity contribution in [1.82, 2.24) is 5.32 Å². The van der Waals surface area contributed by atoms with E-state index in [-0.39, 0.29) is 18.7 Å². The second kappa shape index (κ2) is 8.67. The van der Waals surface area contributed by atoms with E-state index in [1.165, 1.54) is 0 Å². The Bertz CT molecular complexity index is 332. The van der Waals surface area contributed by atoms with Crippen molar-refractivity contribution in [2.24, 2.45) is 0 Å². The van der Waals surface area contributed by atoms with Crippen LogP contribution in [0.5, 0.6) is 0 Å². The maximum Gasteiger partial charge on any atom is 0.407 e. The summed E-state index contributed by atoms with van der Waals surface area (Å²) in [6.45, 7) is 7.36. The number of unbranched alkanes of at least 4 members (excludes halogenated alkanes) is 1. The molecule has 0 radical (unpaired) electrons. The van der Waals surface area contributed by atoms with Crippen molar-refractivity contribution in [3.05, 3.63) is 11.9 Å². The SMILES string of the molecule is CCCC/C(F)=C/C(=O)CCNC(=O)OC(C)(C)C. The van der Waals surface area contributed by atoms with Gasteiger partial charge in [0.2, 0.25) is 0 Å². The monoisotopic (exact) mass is 273 g/mol. The van der Waals surface area contributed by atoms with Gasteiger partial charge in [-0.05, 0) is 33.6 Å². The molecule has 1 N–H and O–H groups in total. The second-order valence-corrected chi connectivity index (χ2v) is 5.34. The molecule has 19 heavy (non-hydrogen) atoms. The minimum absolute atomic E-state index is 0.0682. The number of allylic oxidation sites excluding steroid dienone is 2. The van der Waals surface area contributed by atoms with Crippen LogP contribution in [0.1, 0.15) is 53.4 Å². The minimum atomic E-state index is -0.573. The number of hydrogen-bond donors (Lipinski definition) is 1. The molecule has 0 rings (SSSR count). The first-order valence-corrected chi connectivity index (χ1v) is 6.60. The smallest absolute Gasteiger partial charge is 0.407 e. The highest BCUT2D eigenvalue weighted by atomic mass is 19.1. The molecule has 0 aromatic carbocycles. The lowest BCUT2D eigenvalue weighted by molar-refractivity contribution is -0.114. The zero-order valence-electron chi connectivity index (χ0n) is 12.2. The molecule has 0 aliphatic heterocycles. The van der Waals surface area contributed by atoms with Gasteiger partial charge in [0.1, 0.15) is 11.4 Å². The van der Waals surface area contributed by atoms with Gasteiger partial charge in [0, 0.05) is 19.0 Å². The average Bonchev–Trinajstić information content (AvgIpc) is 2.23. The first kappa shape index (κ1) is 17.6. The van der Waals surface area contributed by atoms with Gasteiger partial charge in [-0.1, -0.05) is 13.3 Å². The topological polar surface area (TPSA) is 55.4 Å². The van der Waals surface area contributed by atoms with E-state index in [0.717, 1.165) is 18.9 Å². The van der Waals surface area contributed by atoms with Crippen molar-refractivity contribution < 1.29 is 18.7 Å². The molecule has 5 heteroatoms. The van der Waals surface area contributed by atoms with E-state index in [2.05, 4.69) is 5.32 Å². The molecule has 0 saturated carbocycles.